The molecule has 16 heavy (non-hydrogen) atoms. The molecule has 92 valence electrons. The van der Waals surface area contributed by atoms with Gasteiger partial charge in [-0.25, -0.2) is 0 Å². The van der Waals surface area contributed by atoms with Gasteiger partial charge in [0, 0.05) is 26.8 Å². The van der Waals surface area contributed by atoms with Crippen LogP contribution in [0.1, 0.15) is 31.7 Å². The smallest absolute Gasteiger partial charge is 0.0625 e. The van der Waals surface area contributed by atoms with Gasteiger partial charge in [-0.15, -0.1) is 0 Å². The monoisotopic (exact) mass is 225 g/mol. The summed E-state index contributed by atoms with van der Waals surface area (Å²) in [6.45, 7) is 7.91. The third kappa shape index (κ3) is 3.94. The third-order valence-electron chi connectivity index (χ3n) is 2.58. The first kappa shape index (κ1) is 13.2. The fourth-order valence-electron chi connectivity index (χ4n) is 1.66. The van der Waals surface area contributed by atoms with Crippen molar-refractivity contribution in [1.82, 2.24) is 15.1 Å². The van der Waals surface area contributed by atoms with Crippen LogP contribution in [0.3, 0.4) is 0 Å². The van der Waals surface area contributed by atoms with E-state index < -0.39 is 0 Å². The Hall–Kier alpha value is -0.870. The molecule has 0 atom stereocenters. The number of methoxy groups -OCH3 is 1. The minimum absolute atomic E-state index is 0.820. The number of hydrogen-bond donors (Lipinski definition) is 1. The Morgan fingerprint density at radius 1 is 1.44 bits per heavy atom. The van der Waals surface area contributed by atoms with Crippen molar-refractivity contribution in [2.75, 3.05) is 20.3 Å². The van der Waals surface area contributed by atoms with E-state index in [1.54, 1.807) is 7.11 Å². The fourth-order valence-corrected chi connectivity index (χ4v) is 1.66. The van der Waals surface area contributed by atoms with E-state index >= 15 is 0 Å². The van der Waals surface area contributed by atoms with E-state index in [1.807, 2.05) is 0 Å². The molecule has 4 nitrogen and oxygen atoms in total. The maximum atomic E-state index is 5.00. The van der Waals surface area contributed by atoms with Gasteiger partial charge in [-0.05, 0) is 32.4 Å². The van der Waals surface area contributed by atoms with Crippen LogP contribution in [0, 0.1) is 0 Å². The standard InChI is InChI=1S/C12H23N3O/c1-4-11-9-12(15(5-2)14-11)10-13-7-6-8-16-3/h9,13H,4-8,10H2,1-3H3. The molecule has 0 aliphatic carbocycles. The number of ether oxygens (including phenoxy) is 1. The summed E-state index contributed by atoms with van der Waals surface area (Å²) in [4.78, 5) is 0. The summed E-state index contributed by atoms with van der Waals surface area (Å²) in [5, 5.41) is 7.92. The van der Waals surface area contributed by atoms with Crippen LogP contribution >= 0.6 is 0 Å². The van der Waals surface area contributed by atoms with E-state index in [1.165, 1.54) is 11.4 Å². The van der Waals surface area contributed by atoms with E-state index in [2.05, 4.69) is 35.0 Å². The Morgan fingerprint density at radius 3 is 2.88 bits per heavy atom. The molecule has 0 amide bonds. The van der Waals surface area contributed by atoms with E-state index in [0.29, 0.717) is 0 Å². The molecule has 1 aromatic rings. The second-order valence-electron chi connectivity index (χ2n) is 3.82. The maximum absolute atomic E-state index is 5.00. The summed E-state index contributed by atoms with van der Waals surface area (Å²) < 4.78 is 7.07. The van der Waals surface area contributed by atoms with Gasteiger partial charge >= 0.3 is 0 Å². The minimum atomic E-state index is 0.820. The Kier molecular flexibility index (Phi) is 6.11. The summed E-state index contributed by atoms with van der Waals surface area (Å²) in [6, 6.07) is 2.19. The molecule has 0 unspecified atom stereocenters. The Balaban J connectivity index is 2.37. The molecule has 0 spiro atoms. The third-order valence-corrected chi connectivity index (χ3v) is 2.58. The highest BCUT2D eigenvalue weighted by molar-refractivity contribution is 5.10. The second-order valence-corrected chi connectivity index (χ2v) is 3.82. The van der Waals surface area contributed by atoms with Crippen molar-refractivity contribution in [3.05, 3.63) is 17.5 Å². The summed E-state index contributed by atoms with van der Waals surface area (Å²) in [7, 11) is 1.74. The lowest BCUT2D eigenvalue weighted by molar-refractivity contribution is 0.194. The minimum Gasteiger partial charge on any atom is -0.385 e. The van der Waals surface area contributed by atoms with E-state index in [0.717, 1.165) is 39.1 Å². The maximum Gasteiger partial charge on any atom is 0.0625 e. The number of hydrogen-bond acceptors (Lipinski definition) is 3. The predicted molar refractivity (Wildman–Crippen MR) is 65.5 cm³/mol. The first-order valence-corrected chi connectivity index (χ1v) is 6.07. The summed E-state index contributed by atoms with van der Waals surface area (Å²) in [5.41, 5.74) is 2.45. The van der Waals surface area contributed by atoms with Gasteiger partial charge in [0.15, 0.2) is 0 Å². The van der Waals surface area contributed by atoms with Crippen LogP contribution in [0.15, 0.2) is 6.07 Å². The topological polar surface area (TPSA) is 39.1 Å². The highest BCUT2D eigenvalue weighted by Crippen LogP contribution is 2.05. The number of nitrogens with one attached hydrogen (secondary N) is 1. The molecule has 0 saturated heterocycles. The van der Waals surface area contributed by atoms with E-state index in [-0.39, 0.29) is 0 Å². The molecule has 0 saturated carbocycles. The van der Waals surface area contributed by atoms with Crippen molar-refractivity contribution in [3.8, 4) is 0 Å². The van der Waals surface area contributed by atoms with Crippen LogP contribution < -0.4 is 5.32 Å². The molecule has 0 fully saturated rings. The van der Waals surface area contributed by atoms with Gasteiger partial charge in [-0.2, -0.15) is 5.10 Å². The van der Waals surface area contributed by atoms with Crippen molar-refractivity contribution in [2.45, 2.75) is 39.8 Å². The molecule has 1 rings (SSSR count). The van der Waals surface area contributed by atoms with E-state index in [9.17, 15) is 0 Å². The first-order valence-electron chi connectivity index (χ1n) is 6.07. The number of rotatable bonds is 8. The SMILES string of the molecule is CCc1cc(CNCCCOC)n(CC)n1. The summed E-state index contributed by atoms with van der Waals surface area (Å²) >= 11 is 0. The Morgan fingerprint density at radius 2 is 2.25 bits per heavy atom. The second kappa shape index (κ2) is 7.41. The molecule has 0 aliphatic rings. The largest absolute Gasteiger partial charge is 0.385 e. The van der Waals surface area contributed by atoms with Crippen LogP contribution in [0.25, 0.3) is 0 Å². The molecule has 1 aromatic heterocycles. The highest BCUT2D eigenvalue weighted by Gasteiger charge is 2.04. The van der Waals surface area contributed by atoms with Crippen molar-refractivity contribution in [1.29, 1.82) is 0 Å². The average Bonchev–Trinajstić information content (AvgIpc) is 2.71. The lowest BCUT2D eigenvalue weighted by atomic mass is 10.3. The zero-order valence-electron chi connectivity index (χ0n) is 10.6. The van der Waals surface area contributed by atoms with Gasteiger partial charge < -0.3 is 10.1 Å². The summed E-state index contributed by atoms with van der Waals surface area (Å²) in [6.07, 6.45) is 2.06. The quantitative estimate of drug-likeness (QED) is 0.683. The zero-order chi connectivity index (χ0) is 11.8. The van der Waals surface area contributed by atoms with Crippen LogP contribution in [0.4, 0.5) is 0 Å². The molecule has 1 N–H and O–H groups in total. The molecule has 0 aromatic carbocycles. The number of aromatic nitrogens is 2. The summed E-state index contributed by atoms with van der Waals surface area (Å²) in [5.74, 6) is 0. The number of nitrogens with zero attached hydrogens (tertiary/aromatic N) is 2. The zero-order valence-corrected chi connectivity index (χ0v) is 10.6. The first-order chi connectivity index (χ1) is 7.81. The predicted octanol–water partition coefficient (Wildman–Crippen LogP) is 1.59. The van der Waals surface area contributed by atoms with Crippen LogP contribution in [-0.2, 0) is 24.2 Å². The molecule has 4 heteroatoms. The fraction of sp³-hybridized carbons (Fsp3) is 0.750. The van der Waals surface area contributed by atoms with Gasteiger partial charge in [0.05, 0.1) is 11.4 Å². The number of aryl methyl sites for hydroxylation is 2. The van der Waals surface area contributed by atoms with Crippen molar-refractivity contribution >= 4 is 0 Å². The highest BCUT2D eigenvalue weighted by atomic mass is 16.5. The lowest BCUT2D eigenvalue weighted by Crippen LogP contribution is -2.18. The Labute approximate surface area is 98.0 Å². The Bertz CT molecular complexity index is 296. The molecular weight excluding hydrogens is 202 g/mol. The van der Waals surface area contributed by atoms with Gasteiger partial charge in [-0.3, -0.25) is 4.68 Å². The molecular formula is C12H23N3O. The van der Waals surface area contributed by atoms with Crippen molar-refractivity contribution < 1.29 is 4.74 Å². The average molecular weight is 225 g/mol. The van der Waals surface area contributed by atoms with Crippen LogP contribution in [0.2, 0.25) is 0 Å². The van der Waals surface area contributed by atoms with Gasteiger partial charge in [0.2, 0.25) is 0 Å². The van der Waals surface area contributed by atoms with Crippen LogP contribution in [-0.4, -0.2) is 30.0 Å². The molecule has 1 heterocycles. The lowest BCUT2D eigenvalue weighted by Gasteiger charge is -2.06. The molecule has 0 bridgehead atoms. The van der Waals surface area contributed by atoms with Gasteiger partial charge in [-0.1, -0.05) is 6.92 Å². The van der Waals surface area contributed by atoms with Crippen LogP contribution in [0.5, 0.6) is 0 Å². The van der Waals surface area contributed by atoms with Crippen molar-refractivity contribution in [2.24, 2.45) is 0 Å². The van der Waals surface area contributed by atoms with Gasteiger partial charge in [0.1, 0.15) is 0 Å². The molecule has 0 radical (unpaired) electrons. The molecule has 0 aliphatic heterocycles. The normalized spacial score (nSPS) is 10.9. The van der Waals surface area contributed by atoms with Gasteiger partial charge in [0.25, 0.3) is 0 Å². The van der Waals surface area contributed by atoms with Crippen molar-refractivity contribution in [3.63, 3.8) is 0 Å². The van der Waals surface area contributed by atoms with E-state index in [4.69, 9.17) is 4.74 Å².